The molecule has 106 valence electrons. The molecule has 0 radical (unpaired) electrons. The van der Waals surface area contributed by atoms with E-state index < -0.39 is 0 Å². The van der Waals surface area contributed by atoms with Crippen LogP contribution in [0.4, 0.5) is 5.69 Å². The van der Waals surface area contributed by atoms with Crippen LogP contribution in [0.5, 0.6) is 0 Å². The Balaban J connectivity index is 1.73. The van der Waals surface area contributed by atoms with E-state index in [0.717, 1.165) is 24.1 Å². The molecule has 1 heterocycles. The topological polar surface area (TPSA) is 55.1 Å². The van der Waals surface area contributed by atoms with Crippen molar-refractivity contribution in [1.82, 2.24) is 5.32 Å². The Morgan fingerprint density at radius 2 is 2.05 bits per heavy atom. The largest absolute Gasteiger partial charge is 0.399 e. The van der Waals surface area contributed by atoms with E-state index in [9.17, 15) is 4.79 Å². The number of thiophene rings is 1. The summed E-state index contributed by atoms with van der Waals surface area (Å²) in [5.41, 5.74) is 7.53. The number of anilines is 1. The number of carbonyl (C=O) groups excluding carboxylic acids is 1. The molecular weight excluding hydrogens is 268 g/mol. The van der Waals surface area contributed by atoms with Gasteiger partial charge in [-0.1, -0.05) is 18.2 Å². The first-order chi connectivity index (χ1) is 9.63. The minimum atomic E-state index is 0.103. The lowest BCUT2D eigenvalue weighted by atomic mass is 10.1. The maximum Gasteiger partial charge on any atom is 0.220 e. The number of nitrogen functional groups attached to an aromatic ring is 1. The van der Waals surface area contributed by atoms with E-state index in [0.29, 0.717) is 6.42 Å². The van der Waals surface area contributed by atoms with Gasteiger partial charge in [0.25, 0.3) is 0 Å². The minimum absolute atomic E-state index is 0.103. The van der Waals surface area contributed by atoms with Crippen LogP contribution in [0.15, 0.2) is 41.8 Å². The van der Waals surface area contributed by atoms with Crippen molar-refractivity contribution in [3.8, 4) is 0 Å². The van der Waals surface area contributed by atoms with Crippen molar-refractivity contribution in [1.29, 1.82) is 0 Å². The summed E-state index contributed by atoms with van der Waals surface area (Å²) in [5.74, 6) is 0.103. The molecule has 2 rings (SSSR count). The van der Waals surface area contributed by atoms with Gasteiger partial charge in [0, 0.05) is 29.4 Å². The normalized spacial score (nSPS) is 12.1. The first-order valence-electron chi connectivity index (χ1n) is 6.79. The molecule has 3 N–H and O–H groups in total. The molecular formula is C16H20N2OS. The molecule has 0 bridgehead atoms. The Kier molecular flexibility index (Phi) is 5.18. The number of benzene rings is 1. The molecule has 1 amide bonds. The summed E-state index contributed by atoms with van der Waals surface area (Å²) in [6.45, 7) is 2.04. The summed E-state index contributed by atoms with van der Waals surface area (Å²) in [7, 11) is 0. The van der Waals surface area contributed by atoms with Gasteiger partial charge in [0.1, 0.15) is 0 Å². The summed E-state index contributed by atoms with van der Waals surface area (Å²) < 4.78 is 0. The molecule has 1 unspecified atom stereocenters. The third-order valence-corrected chi connectivity index (χ3v) is 4.01. The molecule has 1 aromatic heterocycles. The van der Waals surface area contributed by atoms with Gasteiger partial charge < -0.3 is 11.1 Å². The van der Waals surface area contributed by atoms with Crippen LogP contribution < -0.4 is 11.1 Å². The van der Waals surface area contributed by atoms with E-state index in [1.807, 2.05) is 37.3 Å². The van der Waals surface area contributed by atoms with Crippen LogP contribution in [0.3, 0.4) is 0 Å². The van der Waals surface area contributed by atoms with Gasteiger partial charge in [-0.05, 0) is 42.5 Å². The molecule has 1 aromatic carbocycles. The molecule has 0 spiro atoms. The van der Waals surface area contributed by atoms with Crippen molar-refractivity contribution in [3.05, 3.63) is 52.2 Å². The van der Waals surface area contributed by atoms with Crippen molar-refractivity contribution in [2.24, 2.45) is 0 Å². The fourth-order valence-electron chi connectivity index (χ4n) is 2.07. The lowest BCUT2D eigenvalue weighted by Crippen LogP contribution is -2.34. The lowest BCUT2D eigenvalue weighted by Gasteiger charge is -2.13. The van der Waals surface area contributed by atoms with Gasteiger partial charge in [-0.15, -0.1) is 11.3 Å². The maximum atomic E-state index is 11.9. The van der Waals surface area contributed by atoms with Crippen molar-refractivity contribution >= 4 is 22.9 Å². The molecule has 0 saturated carbocycles. The molecule has 2 aromatic rings. The highest BCUT2D eigenvalue weighted by atomic mass is 32.1. The van der Waals surface area contributed by atoms with Gasteiger partial charge in [0.2, 0.25) is 5.91 Å². The average Bonchev–Trinajstić information content (AvgIpc) is 2.90. The van der Waals surface area contributed by atoms with Gasteiger partial charge in [-0.2, -0.15) is 0 Å². The van der Waals surface area contributed by atoms with E-state index in [1.54, 1.807) is 11.3 Å². The fourth-order valence-corrected chi connectivity index (χ4v) is 2.91. The van der Waals surface area contributed by atoms with Crippen LogP contribution in [0, 0.1) is 0 Å². The fraction of sp³-hybridized carbons (Fsp3) is 0.312. The monoisotopic (exact) mass is 288 g/mol. The number of hydrogen-bond donors (Lipinski definition) is 2. The van der Waals surface area contributed by atoms with Gasteiger partial charge in [-0.3, -0.25) is 4.79 Å². The van der Waals surface area contributed by atoms with Gasteiger partial charge >= 0.3 is 0 Å². The maximum absolute atomic E-state index is 11.9. The third-order valence-electron chi connectivity index (χ3n) is 3.12. The Morgan fingerprint density at radius 1 is 1.30 bits per heavy atom. The van der Waals surface area contributed by atoms with Gasteiger partial charge in [0.05, 0.1) is 0 Å². The zero-order valence-electron chi connectivity index (χ0n) is 11.6. The number of amides is 1. The van der Waals surface area contributed by atoms with E-state index >= 15 is 0 Å². The second-order valence-electron chi connectivity index (χ2n) is 4.99. The second kappa shape index (κ2) is 7.10. The van der Waals surface area contributed by atoms with E-state index in [4.69, 9.17) is 5.73 Å². The summed E-state index contributed by atoms with van der Waals surface area (Å²) >= 11 is 1.73. The van der Waals surface area contributed by atoms with Crippen LogP contribution in [-0.4, -0.2) is 11.9 Å². The molecule has 0 aliphatic heterocycles. The number of carbonyl (C=O) groups is 1. The first kappa shape index (κ1) is 14.6. The summed E-state index contributed by atoms with van der Waals surface area (Å²) in [4.78, 5) is 13.2. The smallest absolute Gasteiger partial charge is 0.220 e. The Morgan fingerprint density at radius 3 is 2.70 bits per heavy atom. The van der Waals surface area contributed by atoms with Crippen molar-refractivity contribution in [2.75, 3.05) is 5.73 Å². The van der Waals surface area contributed by atoms with Crippen LogP contribution in [0.1, 0.15) is 23.8 Å². The quantitative estimate of drug-likeness (QED) is 0.803. The van der Waals surface area contributed by atoms with Crippen LogP contribution in [0.25, 0.3) is 0 Å². The molecule has 0 aliphatic carbocycles. The Labute approximate surface area is 123 Å². The van der Waals surface area contributed by atoms with Crippen LogP contribution >= 0.6 is 11.3 Å². The molecule has 1 atom stereocenters. The third kappa shape index (κ3) is 4.70. The van der Waals surface area contributed by atoms with Gasteiger partial charge in [-0.25, -0.2) is 0 Å². The standard InChI is InChI=1S/C16H20N2OS/c1-12(11-15-3-2-10-20-15)18-16(19)9-6-13-4-7-14(17)8-5-13/h2-5,7-8,10,12H,6,9,11,17H2,1H3,(H,18,19). The van der Waals surface area contributed by atoms with Gasteiger partial charge in [0.15, 0.2) is 0 Å². The van der Waals surface area contributed by atoms with Crippen LogP contribution in [-0.2, 0) is 17.6 Å². The summed E-state index contributed by atoms with van der Waals surface area (Å²) in [5, 5.41) is 5.10. The number of hydrogen-bond acceptors (Lipinski definition) is 3. The molecule has 20 heavy (non-hydrogen) atoms. The summed E-state index contributed by atoms with van der Waals surface area (Å²) in [6, 6.07) is 12.0. The van der Waals surface area contributed by atoms with E-state index in [1.165, 1.54) is 4.88 Å². The Hall–Kier alpha value is -1.81. The zero-order valence-corrected chi connectivity index (χ0v) is 12.5. The zero-order chi connectivity index (χ0) is 14.4. The summed E-state index contributed by atoms with van der Waals surface area (Å²) in [6.07, 6.45) is 2.15. The number of rotatable bonds is 6. The first-order valence-corrected chi connectivity index (χ1v) is 7.67. The molecule has 3 nitrogen and oxygen atoms in total. The predicted molar refractivity (Wildman–Crippen MR) is 84.8 cm³/mol. The minimum Gasteiger partial charge on any atom is -0.399 e. The highest BCUT2D eigenvalue weighted by molar-refractivity contribution is 7.09. The number of nitrogens with two attached hydrogens (primary N) is 1. The van der Waals surface area contributed by atoms with Crippen LogP contribution in [0.2, 0.25) is 0 Å². The van der Waals surface area contributed by atoms with Crippen molar-refractivity contribution in [2.45, 2.75) is 32.2 Å². The number of aryl methyl sites for hydroxylation is 1. The molecule has 0 saturated heterocycles. The van der Waals surface area contributed by atoms with E-state index in [2.05, 4.69) is 16.8 Å². The van der Waals surface area contributed by atoms with E-state index in [-0.39, 0.29) is 11.9 Å². The highest BCUT2D eigenvalue weighted by Crippen LogP contribution is 2.11. The SMILES string of the molecule is CC(Cc1cccs1)NC(=O)CCc1ccc(N)cc1. The highest BCUT2D eigenvalue weighted by Gasteiger charge is 2.08. The predicted octanol–water partition coefficient (Wildman–Crippen LogP) is 3.01. The Bertz CT molecular complexity index is 534. The number of nitrogens with one attached hydrogen (secondary N) is 1. The molecule has 4 heteroatoms. The second-order valence-corrected chi connectivity index (χ2v) is 6.03. The van der Waals surface area contributed by atoms with Crippen molar-refractivity contribution < 1.29 is 4.79 Å². The lowest BCUT2D eigenvalue weighted by molar-refractivity contribution is -0.121. The average molecular weight is 288 g/mol. The molecule has 0 aliphatic rings. The van der Waals surface area contributed by atoms with Crippen molar-refractivity contribution in [3.63, 3.8) is 0 Å². The molecule has 0 fully saturated rings.